The highest BCUT2D eigenvalue weighted by Crippen LogP contribution is 2.16. The molecule has 15 heavy (non-hydrogen) atoms. The highest BCUT2D eigenvalue weighted by atomic mass is 16.5. The normalized spacial score (nSPS) is 9.60. The summed E-state index contributed by atoms with van der Waals surface area (Å²) in [6.45, 7) is 1.83. The van der Waals surface area contributed by atoms with Crippen LogP contribution in [0.2, 0.25) is 0 Å². The van der Waals surface area contributed by atoms with Gasteiger partial charge >= 0.3 is 0 Å². The van der Waals surface area contributed by atoms with Gasteiger partial charge in [0.15, 0.2) is 5.82 Å². The summed E-state index contributed by atoms with van der Waals surface area (Å²) >= 11 is 0. The van der Waals surface area contributed by atoms with Crippen molar-refractivity contribution in [2.24, 2.45) is 0 Å². The van der Waals surface area contributed by atoms with Gasteiger partial charge in [-0.15, -0.1) is 0 Å². The lowest BCUT2D eigenvalue weighted by Crippen LogP contribution is -1.89. The molecule has 0 unspecified atom stereocenters. The van der Waals surface area contributed by atoms with Gasteiger partial charge < -0.3 is 9.84 Å². The van der Waals surface area contributed by atoms with E-state index in [2.05, 4.69) is 16.5 Å². The van der Waals surface area contributed by atoms with Crippen molar-refractivity contribution >= 4 is 11.5 Å². The molecule has 0 saturated carbocycles. The molecule has 1 heterocycles. The Hall–Kier alpha value is -2.28. The van der Waals surface area contributed by atoms with E-state index in [1.165, 1.54) is 0 Å². The second kappa shape index (κ2) is 3.84. The Morgan fingerprint density at radius 3 is 2.60 bits per heavy atom. The number of rotatable bonds is 2. The Labute approximate surface area is 87.1 Å². The van der Waals surface area contributed by atoms with Crippen LogP contribution in [-0.2, 0) is 0 Å². The van der Waals surface area contributed by atoms with Crippen LogP contribution < -0.4 is 5.32 Å². The van der Waals surface area contributed by atoms with Crippen LogP contribution in [-0.4, -0.2) is 5.16 Å². The monoisotopic (exact) mass is 199 g/mol. The second-order valence-electron chi connectivity index (χ2n) is 3.14. The van der Waals surface area contributed by atoms with E-state index in [9.17, 15) is 0 Å². The molecule has 0 atom stereocenters. The molecule has 4 heteroatoms. The molecule has 0 fully saturated rings. The summed E-state index contributed by atoms with van der Waals surface area (Å²) < 4.78 is 4.92. The molecule has 4 nitrogen and oxygen atoms in total. The largest absolute Gasteiger partial charge is 0.360 e. The van der Waals surface area contributed by atoms with Crippen molar-refractivity contribution in [3.8, 4) is 6.07 Å². The zero-order chi connectivity index (χ0) is 10.7. The molecule has 0 radical (unpaired) electrons. The van der Waals surface area contributed by atoms with Crippen molar-refractivity contribution in [1.29, 1.82) is 5.26 Å². The van der Waals surface area contributed by atoms with Crippen LogP contribution in [0.15, 0.2) is 34.9 Å². The Morgan fingerprint density at radius 1 is 1.33 bits per heavy atom. The maximum Gasteiger partial charge on any atom is 0.174 e. The van der Waals surface area contributed by atoms with Gasteiger partial charge in [-0.05, 0) is 31.2 Å². The van der Waals surface area contributed by atoms with Crippen LogP contribution in [0.25, 0.3) is 0 Å². The molecule has 0 amide bonds. The summed E-state index contributed by atoms with van der Waals surface area (Å²) in [5, 5.41) is 15.5. The fraction of sp³-hybridized carbons (Fsp3) is 0.0909. The van der Waals surface area contributed by atoms with Gasteiger partial charge in [-0.25, -0.2) is 0 Å². The van der Waals surface area contributed by atoms with Crippen molar-refractivity contribution in [3.05, 3.63) is 41.7 Å². The third kappa shape index (κ3) is 2.15. The number of benzene rings is 1. The summed E-state index contributed by atoms with van der Waals surface area (Å²) in [6, 6.07) is 11.0. The summed E-state index contributed by atoms with van der Waals surface area (Å²) in [5.41, 5.74) is 1.51. The number of nitrogens with zero attached hydrogens (tertiary/aromatic N) is 2. The predicted molar refractivity (Wildman–Crippen MR) is 55.7 cm³/mol. The quantitative estimate of drug-likeness (QED) is 0.807. The smallest absolute Gasteiger partial charge is 0.174 e. The molecule has 1 aromatic carbocycles. The maximum absolute atomic E-state index is 8.62. The highest BCUT2D eigenvalue weighted by Gasteiger charge is 1.99. The first-order valence-electron chi connectivity index (χ1n) is 4.48. The molecule has 1 N–H and O–H groups in total. The maximum atomic E-state index is 8.62. The van der Waals surface area contributed by atoms with Crippen LogP contribution >= 0.6 is 0 Å². The highest BCUT2D eigenvalue weighted by molar-refractivity contribution is 5.56. The van der Waals surface area contributed by atoms with E-state index in [0.717, 1.165) is 11.4 Å². The number of aryl methyl sites for hydroxylation is 1. The lowest BCUT2D eigenvalue weighted by atomic mass is 10.2. The molecular weight excluding hydrogens is 190 g/mol. The average molecular weight is 199 g/mol. The number of nitrogens with one attached hydrogen (secondary N) is 1. The van der Waals surface area contributed by atoms with E-state index < -0.39 is 0 Å². The van der Waals surface area contributed by atoms with Crippen molar-refractivity contribution in [2.75, 3.05) is 5.32 Å². The molecule has 1 aromatic heterocycles. The minimum atomic E-state index is 0.636. The topological polar surface area (TPSA) is 61.9 Å². The zero-order valence-corrected chi connectivity index (χ0v) is 8.19. The minimum Gasteiger partial charge on any atom is -0.360 e. The standard InChI is InChI=1S/C11H9N3O/c1-8-6-11(14-15-8)13-10-4-2-9(7-12)3-5-10/h2-6H,1H3,(H,13,14). The van der Waals surface area contributed by atoms with E-state index in [1.54, 1.807) is 18.2 Å². The average Bonchev–Trinajstić information content (AvgIpc) is 2.65. The summed E-state index contributed by atoms with van der Waals surface area (Å²) in [6.07, 6.45) is 0. The molecule has 0 spiro atoms. The number of aromatic nitrogens is 1. The Morgan fingerprint density at radius 2 is 2.07 bits per heavy atom. The van der Waals surface area contributed by atoms with Gasteiger partial charge in [-0.2, -0.15) is 5.26 Å². The van der Waals surface area contributed by atoms with E-state index in [0.29, 0.717) is 11.4 Å². The van der Waals surface area contributed by atoms with E-state index in [4.69, 9.17) is 9.78 Å². The van der Waals surface area contributed by atoms with Gasteiger partial charge in [0, 0.05) is 11.8 Å². The van der Waals surface area contributed by atoms with Crippen LogP contribution in [0.4, 0.5) is 11.5 Å². The van der Waals surface area contributed by atoms with Gasteiger partial charge in [-0.3, -0.25) is 0 Å². The fourth-order valence-electron chi connectivity index (χ4n) is 1.20. The lowest BCUT2D eigenvalue weighted by molar-refractivity contribution is 0.400. The van der Waals surface area contributed by atoms with Crippen molar-refractivity contribution in [1.82, 2.24) is 5.16 Å². The molecule has 0 aliphatic heterocycles. The minimum absolute atomic E-state index is 0.636. The third-order valence-corrected chi connectivity index (χ3v) is 1.91. The van der Waals surface area contributed by atoms with Gasteiger partial charge in [0.1, 0.15) is 5.76 Å². The van der Waals surface area contributed by atoms with Crippen molar-refractivity contribution < 1.29 is 4.52 Å². The molecule has 0 bridgehead atoms. The Bertz CT molecular complexity index is 493. The van der Waals surface area contributed by atoms with Gasteiger partial charge in [0.05, 0.1) is 11.6 Å². The van der Waals surface area contributed by atoms with Gasteiger partial charge in [-0.1, -0.05) is 5.16 Å². The first kappa shape index (κ1) is 9.28. The van der Waals surface area contributed by atoms with Crippen molar-refractivity contribution in [3.63, 3.8) is 0 Å². The number of hydrogen-bond donors (Lipinski definition) is 1. The van der Waals surface area contributed by atoms with Crippen LogP contribution in [0.5, 0.6) is 0 Å². The van der Waals surface area contributed by atoms with Crippen molar-refractivity contribution in [2.45, 2.75) is 6.92 Å². The van der Waals surface area contributed by atoms with E-state index in [-0.39, 0.29) is 0 Å². The molecule has 0 aliphatic carbocycles. The lowest BCUT2D eigenvalue weighted by Gasteiger charge is -2.00. The molecule has 2 rings (SSSR count). The predicted octanol–water partition coefficient (Wildman–Crippen LogP) is 2.60. The summed E-state index contributed by atoms with van der Waals surface area (Å²) in [7, 11) is 0. The van der Waals surface area contributed by atoms with Gasteiger partial charge in [0.2, 0.25) is 0 Å². The molecule has 0 saturated heterocycles. The van der Waals surface area contributed by atoms with E-state index in [1.807, 2.05) is 19.1 Å². The van der Waals surface area contributed by atoms with Crippen LogP contribution in [0.3, 0.4) is 0 Å². The molecule has 2 aromatic rings. The first-order valence-corrected chi connectivity index (χ1v) is 4.48. The second-order valence-corrected chi connectivity index (χ2v) is 3.14. The molecule has 74 valence electrons. The number of anilines is 2. The summed E-state index contributed by atoms with van der Waals surface area (Å²) in [5.74, 6) is 1.42. The Balaban J connectivity index is 2.15. The van der Waals surface area contributed by atoms with Gasteiger partial charge in [0.25, 0.3) is 0 Å². The molecule has 0 aliphatic rings. The van der Waals surface area contributed by atoms with Crippen LogP contribution in [0, 0.1) is 18.3 Å². The first-order chi connectivity index (χ1) is 7.28. The van der Waals surface area contributed by atoms with Crippen LogP contribution in [0.1, 0.15) is 11.3 Å². The third-order valence-electron chi connectivity index (χ3n) is 1.91. The summed E-state index contributed by atoms with van der Waals surface area (Å²) in [4.78, 5) is 0. The molecular formula is C11H9N3O. The zero-order valence-electron chi connectivity index (χ0n) is 8.19. The fourth-order valence-corrected chi connectivity index (χ4v) is 1.20. The number of nitriles is 1. The van der Waals surface area contributed by atoms with E-state index >= 15 is 0 Å². The Kier molecular flexibility index (Phi) is 2.38. The SMILES string of the molecule is Cc1cc(Nc2ccc(C#N)cc2)no1. The number of hydrogen-bond acceptors (Lipinski definition) is 4.